The predicted molar refractivity (Wildman–Crippen MR) is 261 cm³/mol. The third-order valence-corrected chi connectivity index (χ3v) is 14.4. The average molecular weight is 806 g/mol. The van der Waals surface area contributed by atoms with E-state index in [1.54, 1.807) is 11.3 Å². The van der Waals surface area contributed by atoms with Gasteiger partial charge in [-0.1, -0.05) is 140 Å². The summed E-state index contributed by atoms with van der Waals surface area (Å²) in [5, 5.41) is 14.5. The molecule has 0 N–H and O–H groups in total. The van der Waals surface area contributed by atoms with Crippen LogP contribution in [0.25, 0.3) is 136 Å². The van der Waals surface area contributed by atoms with Crippen LogP contribution < -0.4 is 0 Å². The van der Waals surface area contributed by atoms with E-state index in [2.05, 4.69) is 202 Å². The second-order valence-corrected chi connectivity index (χ2v) is 17.5. The Morgan fingerprint density at radius 1 is 0.371 bits per heavy atom. The smallest absolute Gasteiger partial charge is 0.236 e. The number of rotatable bonds is 3. The molecule has 15 aromatic rings. The van der Waals surface area contributed by atoms with E-state index in [1.165, 1.54) is 86.0 Å². The van der Waals surface area contributed by atoms with Gasteiger partial charge < -0.3 is 8.97 Å². The van der Waals surface area contributed by atoms with Crippen molar-refractivity contribution in [2.24, 2.45) is 0 Å². The molecule has 0 saturated heterocycles. The minimum Gasteiger partial charge on any atom is -0.309 e. The first kappa shape index (κ1) is 32.8. The molecule has 0 aliphatic carbocycles. The fourth-order valence-electron chi connectivity index (χ4n) is 10.9. The Balaban J connectivity index is 1.10. The maximum Gasteiger partial charge on any atom is 0.236 e. The molecule has 286 valence electrons. The molecule has 6 heterocycles. The molecule has 0 spiro atoms. The highest BCUT2D eigenvalue weighted by Gasteiger charge is 2.27. The third-order valence-electron chi connectivity index (χ3n) is 13.4. The van der Waals surface area contributed by atoms with Gasteiger partial charge in [0.2, 0.25) is 5.95 Å². The van der Waals surface area contributed by atoms with Crippen LogP contribution in [-0.2, 0) is 0 Å². The van der Waals surface area contributed by atoms with Crippen LogP contribution in [0.3, 0.4) is 0 Å². The van der Waals surface area contributed by atoms with Gasteiger partial charge in [0.05, 0.1) is 44.3 Å². The Morgan fingerprint density at radius 2 is 1.00 bits per heavy atom. The van der Waals surface area contributed by atoms with Gasteiger partial charge in [-0.15, -0.1) is 11.3 Å². The SMILES string of the molecule is c1ccc(-n2c3ccccc3c3ccc(-c4nc(-n5c6ccccc6c6cc7c8ccc9ccccc9c8n8c9ccccc9c(c65)c78)nc5sc6ccccc6c45)cc32)cc1. The quantitative estimate of drug-likeness (QED) is 0.178. The van der Waals surface area contributed by atoms with E-state index in [0.717, 1.165) is 43.7 Å². The molecule has 5 nitrogen and oxygen atoms in total. The number of thiophene rings is 1. The van der Waals surface area contributed by atoms with E-state index in [0.29, 0.717) is 5.95 Å². The molecule has 0 bridgehead atoms. The van der Waals surface area contributed by atoms with Crippen molar-refractivity contribution in [2.45, 2.75) is 0 Å². The van der Waals surface area contributed by atoms with Gasteiger partial charge >= 0.3 is 0 Å². The summed E-state index contributed by atoms with van der Waals surface area (Å²) >= 11 is 1.74. The Labute approximate surface area is 356 Å². The van der Waals surface area contributed by atoms with Crippen LogP contribution in [0.1, 0.15) is 0 Å². The summed E-state index contributed by atoms with van der Waals surface area (Å²) in [4.78, 5) is 12.3. The first-order chi connectivity index (χ1) is 30.8. The van der Waals surface area contributed by atoms with Crippen LogP contribution in [0.4, 0.5) is 0 Å². The van der Waals surface area contributed by atoms with Gasteiger partial charge in [-0.25, -0.2) is 9.97 Å². The summed E-state index contributed by atoms with van der Waals surface area (Å²) in [5.74, 6) is 0.669. The number of benzene rings is 9. The molecule has 0 unspecified atom stereocenters. The highest BCUT2D eigenvalue weighted by Crippen LogP contribution is 2.48. The van der Waals surface area contributed by atoms with E-state index < -0.39 is 0 Å². The van der Waals surface area contributed by atoms with Gasteiger partial charge in [-0.3, -0.25) is 4.57 Å². The van der Waals surface area contributed by atoms with Crippen molar-refractivity contribution in [1.29, 1.82) is 0 Å². The topological polar surface area (TPSA) is 40.0 Å². The third kappa shape index (κ3) is 4.12. The Bertz CT molecular complexity index is 4390. The van der Waals surface area contributed by atoms with Gasteiger partial charge in [0, 0.05) is 75.2 Å². The lowest BCUT2D eigenvalue weighted by Crippen LogP contribution is -2.03. The summed E-state index contributed by atoms with van der Waals surface area (Å²) in [5.41, 5.74) is 11.3. The standard InChI is InChI=1S/C56H31N5S/c1-2-15-34(16-3-1)59-44-22-10-6-18-36(44)38-28-27-33(30-47(38)59)51-49-41-21-9-13-25-48(41)62-55(49)58-56(57-51)61-45-23-11-7-19-37(45)42-31-43-39-29-26-32-14-4-5-17-35(32)52(39)60-46-24-12-8-20-40(46)50(53(43)60)54(42)61/h1-31H. The van der Waals surface area contributed by atoms with Crippen LogP contribution in [0.5, 0.6) is 0 Å². The molecule has 0 radical (unpaired) electrons. The van der Waals surface area contributed by atoms with Crippen molar-refractivity contribution in [1.82, 2.24) is 23.5 Å². The molecular weight excluding hydrogens is 775 g/mol. The Morgan fingerprint density at radius 3 is 1.84 bits per heavy atom. The zero-order valence-electron chi connectivity index (χ0n) is 33.0. The molecule has 0 saturated carbocycles. The number of hydrogen-bond donors (Lipinski definition) is 0. The van der Waals surface area contributed by atoms with Crippen LogP contribution in [-0.4, -0.2) is 23.5 Å². The second-order valence-electron chi connectivity index (χ2n) is 16.5. The summed E-state index contributed by atoms with van der Waals surface area (Å²) in [6.07, 6.45) is 0. The van der Waals surface area contributed by atoms with Crippen molar-refractivity contribution in [3.63, 3.8) is 0 Å². The molecule has 6 aromatic heterocycles. The van der Waals surface area contributed by atoms with Gasteiger partial charge in [0.1, 0.15) is 4.83 Å². The fourth-order valence-corrected chi connectivity index (χ4v) is 11.9. The monoisotopic (exact) mass is 805 g/mol. The molecule has 6 heteroatoms. The molecule has 15 rings (SSSR count). The second kappa shape index (κ2) is 11.8. The van der Waals surface area contributed by atoms with Gasteiger partial charge in [0.15, 0.2) is 0 Å². The molecule has 62 heavy (non-hydrogen) atoms. The van der Waals surface area contributed by atoms with Gasteiger partial charge in [0.25, 0.3) is 0 Å². The Kier molecular flexibility index (Phi) is 6.24. The van der Waals surface area contributed by atoms with Crippen molar-refractivity contribution in [3.05, 3.63) is 188 Å². The lowest BCUT2D eigenvalue weighted by atomic mass is 10.0. The number of fused-ring (bicyclic) bond motifs is 18. The normalized spacial score (nSPS) is 12.5. The number of hydrogen-bond acceptors (Lipinski definition) is 3. The molecule has 0 fully saturated rings. The van der Waals surface area contributed by atoms with Crippen LogP contribution >= 0.6 is 11.3 Å². The number of nitrogens with zero attached hydrogens (tertiary/aromatic N) is 5. The van der Waals surface area contributed by atoms with Crippen LogP contribution in [0.15, 0.2) is 188 Å². The largest absolute Gasteiger partial charge is 0.309 e. The summed E-state index contributed by atoms with van der Waals surface area (Å²) in [6.45, 7) is 0. The summed E-state index contributed by atoms with van der Waals surface area (Å²) < 4.78 is 8.46. The fraction of sp³-hybridized carbons (Fsp3) is 0. The zero-order chi connectivity index (χ0) is 40.2. The highest BCUT2D eigenvalue weighted by molar-refractivity contribution is 7.25. The first-order valence-corrected chi connectivity index (χ1v) is 21.9. The van der Waals surface area contributed by atoms with Crippen molar-refractivity contribution < 1.29 is 0 Å². The van der Waals surface area contributed by atoms with Crippen molar-refractivity contribution >= 4 is 124 Å². The molecule has 0 atom stereocenters. The van der Waals surface area contributed by atoms with Crippen molar-refractivity contribution in [2.75, 3.05) is 0 Å². The van der Waals surface area contributed by atoms with Crippen LogP contribution in [0, 0.1) is 0 Å². The van der Waals surface area contributed by atoms with Crippen LogP contribution in [0.2, 0.25) is 0 Å². The van der Waals surface area contributed by atoms with Crippen molar-refractivity contribution in [3.8, 4) is 22.9 Å². The minimum absolute atomic E-state index is 0.669. The zero-order valence-corrected chi connectivity index (χ0v) is 33.9. The summed E-state index contributed by atoms with van der Waals surface area (Å²) in [7, 11) is 0. The number of para-hydroxylation sites is 4. The van der Waals surface area contributed by atoms with E-state index in [-0.39, 0.29) is 0 Å². The van der Waals surface area contributed by atoms with E-state index >= 15 is 0 Å². The minimum atomic E-state index is 0.669. The van der Waals surface area contributed by atoms with E-state index in [9.17, 15) is 0 Å². The molecule has 0 aliphatic heterocycles. The predicted octanol–water partition coefficient (Wildman–Crippen LogP) is 15.0. The maximum absolute atomic E-state index is 5.75. The highest BCUT2D eigenvalue weighted by atomic mass is 32.1. The molecule has 9 aromatic carbocycles. The van der Waals surface area contributed by atoms with E-state index in [1.807, 2.05) is 0 Å². The van der Waals surface area contributed by atoms with E-state index in [4.69, 9.17) is 9.97 Å². The lowest BCUT2D eigenvalue weighted by Gasteiger charge is -2.12. The van der Waals surface area contributed by atoms with Gasteiger partial charge in [-0.2, -0.15) is 0 Å². The molecular formula is C56H31N5S. The Hall–Kier alpha value is -8.06. The number of aromatic nitrogens is 5. The average Bonchev–Trinajstić information content (AvgIpc) is 4.13. The first-order valence-electron chi connectivity index (χ1n) is 21.1. The summed E-state index contributed by atoms with van der Waals surface area (Å²) in [6, 6.07) is 68.4. The lowest BCUT2D eigenvalue weighted by molar-refractivity contribution is 1.02. The maximum atomic E-state index is 5.75. The molecule has 0 aliphatic rings. The molecule has 0 amide bonds. The van der Waals surface area contributed by atoms with Gasteiger partial charge in [-0.05, 0) is 53.9 Å².